The molecule has 0 aliphatic carbocycles. The highest BCUT2D eigenvalue weighted by Gasteiger charge is 2.03. The van der Waals surface area contributed by atoms with Crippen molar-refractivity contribution in [1.29, 1.82) is 5.26 Å². The second kappa shape index (κ2) is 5.46. The van der Waals surface area contributed by atoms with Crippen molar-refractivity contribution in [3.63, 3.8) is 0 Å². The zero-order chi connectivity index (χ0) is 12.1. The Morgan fingerprint density at radius 3 is 3.06 bits per heavy atom. The highest BCUT2D eigenvalue weighted by molar-refractivity contribution is 9.10. The summed E-state index contributed by atoms with van der Waals surface area (Å²) in [7, 11) is 0. The quantitative estimate of drug-likeness (QED) is 0.936. The van der Waals surface area contributed by atoms with E-state index in [1.54, 1.807) is 6.07 Å². The normalized spacial score (nSPS) is 9.88. The SMILES string of the molecule is N#Cc1cc(Br)ccc1NCCc1ncon1. The van der Waals surface area contributed by atoms with Crippen molar-refractivity contribution in [3.05, 3.63) is 40.5 Å². The average molecular weight is 293 g/mol. The number of benzene rings is 1. The Labute approximate surface area is 107 Å². The second-order valence-electron chi connectivity index (χ2n) is 3.33. The summed E-state index contributed by atoms with van der Waals surface area (Å²) in [6.07, 6.45) is 1.95. The van der Waals surface area contributed by atoms with Crippen LogP contribution in [0.2, 0.25) is 0 Å². The van der Waals surface area contributed by atoms with E-state index in [1.165, 1.54) is 6.39 Å². The maximum absolute atomic E-state index is 8.98. The molecule has 0 fully saturated rings. The molecule has 1 aromatic carbocycles. The molecule has 0 atom stereocenters. The van der Waals surface area contributed by atoms with Gasteiger partial charge in [-0.15, -0.1) is 0 Å². The molecule has 17 heavy (non-hydrogen) atoms. The minimum atomic E-state index is 0.604. The first-order chi connectivity index (χ1) is 8.29. The van der Waals surface area contributed by atoms with Gasteiger partial charge in [-0.25, -0.2) is 0 Å². The van der Waals surface area contributed by atoms with Gasteiger partial charge in [0.1, 0.15) is 6.07 Å². The molecule has 0 amide bonds. The fourth-order valence-electron chi connectivity index (χ4n) is 1.37. The van der Waals surface area contributed by atoms with Crippen LogP contribution in [0, 0.1) is 11.3 Å². The van der Waals surface area contributed by atoms with Crippen molar-refractivity contribution in [2.24, 2.45) is 0 Å². The van der Waals surface area contributed by atoms with Crippen LogP contribution in [0.3, 0.4) is 0 Å². The smallest absolute Gasteiger partial charge is 0.213 e. The summed E-state index contributed by atoms with van der Waals surface area (Å²) in [5.41, 5.74) is 1.41. The lowest BCUT2D eigenvalue weighted by Gasteiger charge is -2.06. The van der Waals surface area contributed by atoms with E-state index in [-0.39, 0.29) is 0 Å². The van der Waals surface area contributed by atoms with Crippen LogP contribution in [-0.4, -0.2) is 16.7 Å². The number of nitriles is 1. The van der Waals surface area contributed by atoms with Crippen molar-refractivity contribution in [2.75, 3.05) is 11.9 Å². The van der Waals surface area contributed by atoms with Crippen molar-refractivity contribution >= 4 is 21.6 Å². The molecule has 0 aliphatic rings. The fourth-order valence-corrected chi connectivity index (χ4v) is 1.74. The standard InChI is InChI=1S/C11H9BrN4O/c12-9-1-2-10(8(5-9)6-13)14-4-3-11-15-7-17-16-11/h1-2,5,7,14H,3-4H2. The molecule has 0 unspecified atom stereocenters. The largest absolute Gasteiger partial charge is 0.384 e. The van der Waals surface area contributed by atoms with Crippen LogP contribution in [0.15, 0.2) is 33.6 Å². The van der Waals surface area contributed by atoms with Crippen LogP contribution in [0.5, 0.6) is 0 Å². The number of nitrogens with one attached hydrogen (secondary N) is 1. The van der Waals surface area contributed by atoms with Gasteiger partial charge >= 0.3 is 0 Å². The Morgan fingerprint density at radius 2 is 2.35 bits per heavy atom. The van der Waals surface area contributed by atoms with Gasteiger partial charge in [-0.05, 0) is 18.2 Å². The number of rotatable bonds is 4. The van der Waals surface area contributed by atoms with E-state index < -0.39 is 0 Å². The van der Waals surface area contributed by atoms with E-state index in [1.807, 2.05) is 12.1 Å². The maximum atomic E-state index is 8.98. The second-order valence-corrected chi connectivity index (χ2v) is 4.24. The van der Waals surface area contributed by atoms with Crippen LogP contribution < -0.4 is 5.32 Å². The Morgan fingerprint density at radius 1 is 1.47 bits per heavy atom. The monoisotopic (exact) mass is 292 g/mol. The van der Waals surface area contributed by atoms with Gasteiger partial charge in [-0.3, -0.25) is 0 Å². The van der Waals surface area contributed by atoms with Crippen molar-refractivity contribution in [2.45, 2.75) is 6.42 Å². The number of hydrogen-bond acceptors (Lipinski definition) is 5. The number of nitrogens with zero attached hydrogens (tertiary/aromatic N) is 3. The van der Waals surface area contributed by atoms with Crippen molar-refractivity contribution < 1.29 is 4.52 Å². The predicted molar refractivity (Wildman–Crippen MR) is 65.3 cm³/mol. The summed E-state index contributed by atoms with van der Waals surface area (Å²) in [4.78, 5) is 3.91. The van der Waals surface area contributed by atoms with E-state index in [2.05, 4.69) is 42.0 Å². The van der Waals surface area contributed by atoms with Crippen molar-refractivity contribution in [1.82, 2.24) is 10.1 Å². The van der Waals surface area contributed by atoms with Crippen LogP contribution in [0.25, 0.3) is 0 Å². The molecule has 2 aromatic rings. The summed E-state index contributed by atoms with van der Waals surface area (Å²) in [6.45, 7) is 0.649. The molecule has 5 nitrogen and oxygen atoms in total. The zero-order valence-electron chi connectivity index (χ0n) is 8.85. The Hall–Kier alpha value is -1.87. The molecular weight excluding hydrogens is 284 g/mol. The summed E-state index contributed by atoms with van der Waals surface area (Å²) in [5, 5.41) is 15.8. The molecule has 0 saturated heterocycles. The van der Waals surface area contributed by atoms with Crippen LogP contribution in [-0.2, 0) is 6.42 Å². The summed E-state index contributed by atoms with van der Waals surface area (Å²) in [6, 6.07) is 7.66. The first-order valence-corrected chi connectivity index (χ1v) is 5.77. The Kier molecular flexibility index (Phi) is 3.73. The van der Waals surface area contributed by atoms with Gasteiger partial charge in [0.2, 0.25) is 6.39 Å². The topological polar surface area (TPSA) is 74.7 Å². The summed E-state index contributed by atoms with van der Waals surface area (Å²) < 4.78 is 5.52. The maximum Gasteiger partial charge on any atom is 0.213 e. The molecule has 1 aromatic heterocycles. The van der Waals surface area contributed by atoms with E-state index in [0.717, 1.165) is 10.2 Å². The van der Waals surface area contributed by atoms with Gasteiger partial charge < -0.3 is 9.84 Å². The summed E-state index contributed by atoms with van der Waals surface area (Å²) >= 11 is 3.33. The van der Waals surface area contributed by atoms with Gasteiger partial charge in [-0.1, -0.05) is 21.1 Å². The van der Waals surface area contributed by atoms with Gasteiger partial charge in [0.15, 0.2) is 5.82 Å². The van der Waals surface area contributed by atoms with E-state index >= 15 is 0 Å². The highest BCUT2D eigenvalue weighted by atomic mass is 79.9. The van der Waals surface area contributed by atoms with E-state index in [0.29, 0.717) is 24.4 Å². The lowest BCUT2D eigenvalue weighted by atomic mass is 10.2. The predicted octanol–water partition coefficient (Wildman–Crippen LogP) is 2.36. The molecule has 0 saturated carbocycles. The van der Waals surface area contributed by atoms with Crippen molar-refractivity contribution in [3.8, 4) is 6.07 Å². The third-order valence-electron chi connectivity index (χ3n) is 2.17. The third-order valence-corrected chi connectivity index (χ3v) is 2.67. The minimum absolute atomic E-state index is 0.604. The summed E-state index contributed by atoms with van der Waals surface area (Å²) in [5.74, 6) is 0.646. The number of aromatic nitrogens is 2. The first kappa shape index (κ1) is 11.6. The molecule has 0 spiro atoms. The lowest BCUT2D eigenvalue weighted by molar-refractivity contribution is 0.410. The molecule has 6 heteroatoms. The molecule has 1 heterocycles. The van der Waals surface area contributed by atoms with Crippen LogP contribution in [0.1, 0.15) is 11.4 Å². The third kappa shape index (κ3) is 3.04. The molecule has 0 aliphatic heterocycles. The van der Waals surface area contributed by atoms with Gasteiger partial charge in [0, 0.05) is 17.4 Å². The van der Waals surface area contributed by atoms with E-state index in [9.17, 15) is 0 Å². The Bertz CT molecular complexity index is 533. The number of halogens is 1. The molecule has 1 N–H and O–H groups in total. The molecule has 2 rings (SSSR count). The lowest BCUT2D eigenvalue weighted by Crippen LogP contribution is -2.07. The molecule has 0 bridgehead atoms. The Balaban J connectivity index is 1.97. The average Bonchev–Trinajstić information content (AvgIpc) is 2.84. The van der Waals surface area contributed by atoms with Gasteiger partial charge in [0.05, 0.1) is 11.3 Å². The van der Waals surface area contributed by atoms with Crippen LogP contribution in [0.4, 0.5) is 5.69 Å². The van der Waals surface area contributed by atoms with Gasteiger partial charge in [0.25, 0.3) is 0 Å². The number of anilines is 1. The molecular formula is C11H9BrN4O. The van der Waals surface area contributed by atoms with Gasteiger partial charge in [-0.2, -0.15) is 10.2 Å². The minimum Gasteiger partial charge on any atom is -0.384 e. The number of hydrogen-bond donors (Lipinski definition) is 1. The fraction of sp³-hybridized carbons (Fsp3) is 0.182. The highest BCUT2D eigenvalue weighted by Crippen LogP contribution is 2.20. The zero-order valence-corrected chi connectivity index (χ0v) is 10.4. The first-order valence-electron chi connectivity index (χ1n) is 4.98. The molecule has 0 radical (unpaired) electrons. The van der Waals surface area contributed by atoms with Crippen LogP contribution >= 0.6 is 15.9 Å². The molecule has 86 valence electrons. The van der Waals surface area contributed by atoms with E-state index in [4.69, 9.17) is 5.26 Å².